The molecule has 1 aliphatic rings. The van der Waals surface area contributed by atoms with Gasteiger partial charge >= 0.3 is 6.18 Å². The van der Waals surface area contributed by atoms with E-state index in [1.807, 2.05) is 0 Å². The molecule has 1 fully saturated rings. The first-order valence-electron chi connectivity index (χ1n) is 6.07. The van der Waals surface area contributed by atoms with Gasteiger partial charge in [0.05, 0.1) is 10.6 Å². The van der Waals surface area contributed by atoms with Crippen molar-refractivity contribution >= 4 is 23.3 Å². The number of nitrogens with zero attached hydrogens (tertiary/aromatic N) is 1. The molecule has 1 aromatic rings. The first kappa shape index (κ1) is 14.9. The molecule has 20 heavy (non-hydrogen) atoms. The van der Waals surface area contributed by atoms with Gasteiger partial charge in [-0.2, -0.15) is 13.2 Å². The molecular formula is C12H13ClF3N3O. The van der Waals surface area contributed by atoms with Crippen LogP contribution in [-0.4, -0.2) is 23.0 Å². The average molecular weight is 308 g/mol. The van der Waals surface area contributed by atoms with Crippen molar-refractivity contribution in [2.45, 2.75) is 38.0 Å². The first-order valence-corrected chi connectivity index (χ1v) is 6.45. The monoisotopic (exact) mass is 307 g/mol. The van der Waals surface area contributed by atoms with Crippen LogP contribution in [0.2, 0.25) is 5.02 Å². The highest BCUT2D eigenvalue weighted by molar-refractivity contribution is 6.33. The SMILES string of the molecule is CC(Nc1ncc(C(F)(F)F)cc1Cl)C(=O)NC1CC1. The highest BCUT2D eigenvalue weighted by atomic mass is 35.5. The first-order chi connectivity index (χ1) is 9.27. The zero-order valence-electron chi connectivity index (χ0n) is 10.6. The quantitative estimate of drug-likeness (QED) is 0.899. The minimum Gasteiger partial charge on any atom is -0.357 e. The molecule has 1 atom stereocenters. The van der Waals surface area contributed by atoms with Gasteiger partial charge in [0.1, 0.15) is 11.9 Å². The molecule has 1 unspecified atom stereocenters. The Morgan fingerprint density at radius 2 is 2.15 bits per heavy atom. The minimum atomic E-state index is -4.50. The molecule has 0 saturated heterocycles. The van der Waals surface area contributed by atoms with Crippen LogP contribution in [0.3, 0.4) is 0 Å². The number of nitrogens with one attached hydrogen (secondary N) is 2. The number of anilines is 1. The Hall–Kier alpha value is -1.50. The molecule has 2 N–H and O–H groups in total. The fourth-order valence-electron chi connectivity index (χ4n) is 1.52. The minimum absolute atomic E-state index is 0.0538. The van der Waals surface area contributed by atoms with Crippen molar-refractivity contribution in [1.29, 1.82) is 0 Å². The Balaban J connectivity index is 2.03. The maximum atomic E-state index is 12.5. The molecule has 1 aliphatic carbocycles. The molecule has 1 heterocycles. The summed E-state index contributed by atoms with van der Waals surface area (Å²) in [5, 5.41) is 5.30. The number of carbonyl (C=O) groups excluding carboxylic acids is 1. The Morgan fingerprint density at radius 1 is 1.50 bits per heavy atom. The zero-order chi connectivity index (χ0) is 14.9. The van der Waals surface area contributed by atoms with Crippen molar-refractivity contribution in [3.63, 3.8) is 0 Å². The topological polar surface area (TPSA) is 54.0 Å². The van der Waals surface area contributed by atoms with Crippen LogP contribution in [0.25, 0.3) is 0 Å². The highest BCUT2D eigenvalue weighted by Gasteiger charge is 2.32. The molecule has 8 heteroatoms. The van der Waals surface area contributed by atoms with E-state index in [0.29, 0.717) is 6.20 Å². The van der Waals surface area contributed by atoms with E-state index in [2.05, 4.69) is 15.6 Å². The summed E-state index contributed by atoms with van der Waals surface area (Å²) in [6.45, 7) is 1.59. The van der Waals surface area contributed by atoms with Crippen LogP contribution in [-0.2, 0) is 11.0 Å². The number of alkyl halides is 3. The average Bonchev–Trinajstić information content (AvgIpc) is 3.14. The standard InChI is InChI=1S/C12H13ClF3N3O/c1-6(11(20)19-8-2-3-8)18-10-9(13)4-7(5-17-10)12(14,15)16/h4-6,8H,2-3H2,1H3,(H,17,18)(H,19,20). The summed E-state index contributed by atoms with van der Waals surface area (Å²) in [6, 6.07) is 0.364. The van der Waals surface area contributed by atoms with Crippen LogP contribution >= 0.6 is 11.6 Å². The lowest BCUT2D eigenvalue weighted by molar-refractivity contribution is -0.137. The van der Waals surface area contributed by atoms with Crippen LogP contribution in [0.1, 0.15) is 25.3 Å². The molecule has 1 aromatic heterocycles. The second kappa shape index (κ2) is 5.47. The summed E-state index contributed by atoms with van der Waals surface area (Å²) in [7, 11) is 0. The van der Waals surface area contributed by atoms with E-state index in [1.54, 1.807) is 6.92 Å². The van der Waals surface area contributed by atoms with E-state index in [0.717, 1.165) is 18.9 Å². The van der Waals surface area contributed by atoms with Gasteiger partial charge in [-0.05, 0) is 25.8 Å². The van der Waals surface area contributed by atoms with Crippen molar-refractivity contribution in [1.82, 2.24) is 10.3 Å². The highest BCUT2D eigenvalue weighted by Crippen LogP contribution is 2.32. The van der Waals surface area contributed by atoms with Crippen molar-refractivity contribution in [2.75, 3.05) is 5.32 Å². The van der Waals surface area contributed by atoms with Crippen LogP contribution in [0.5, 0.6) is 0 Å². The molecule has 0 radical (unpaired) electrons. The summed E-state index contributed by atoms with van der Waals surface area (Å²) in [6.07, 6.45) is -1.90. The fourth-order valence-corrected chi connectivity index (χ4v) is 1.74. The van der Waals surface area contributed by atoms with Crippen LogP contribution in [0, 0.1) is 0 Å². The van der Waals surface area contributed by atoms with Crippen molar-refractivity contribution in [3.8, 4) is 0 Å². The third kappa shape index (κ3) is 3.75. The lowest BCUT2D eigenvalue weighted by Gasteiger charge is -2.16. The maximum Gasteiger partial charge on any atom is 0.417 e. The van der Waals surface area contributed by atoms with Gasteiger partial charge in [0.25, 0.3) is 0 Å². The number of carbonyl (C=O) groups is 1. The van der Waals surface area contributed by atoms with Gasteiger partial charge in [-0.3, -0.25) is 4.79 Å². The maximum absolute atomic E-state index is 12.5. The van der Waals surface area contributed by atoms with E-state index in [9.17, 15) is 18.0 Å². The molecule has 0 spiro atoms. The molecular weight excluding hydrogens is 295 g/mol. The largest absolute Gasteiger partial charge is 0.417 e. The van der Waals surface area contributed by atoms with Gasteiger partial charge in [-0.1, -0.05) is 11.6 Å². The van der Waals surface area contributed by atoms with Crippen molar-refractivity contribution in [2.24, 2.45) is 0 Å². The fraction of sp³-hybridized carbons (Fsp3) is 0.500. The Bertz CT molecular complexity index is 517. The van der Waals surface area contributed by atoms with E-state index in [1.165, 1.54) is 0 Å². The Morgan fingerprint density at radius 3 is 2.65 bits per heavy atom. The van der Waals surface area contributed by atoms with Gasteiger partial charge in [-0.25, -0.2) is 4.98 Å². The van der Waals surface area contributed by atoms with E-state index in [4.69, 9.17) is 11.6 Å². The number of hydrogen-bond acceptors (Lipinski definition) is 3. The number of aromatic nitrogens is 1. The van der Waals surface area contributed by atoms with Crippen molar-refractivity contribution < 1.29 is 18.0 Å². The molecule has 0 bridgehead atoms. The van der Waals surface area contributed by atoms with Gasteiger partial charge in [0.2, 0.25) is 5.91 Å². The Labute approximate surface area is 118 Å². The van der Waals surface area contributed by atoms with Crippen molar-refractivity contribution in [3.05, 3.63) is 22.8 Å². The summed E-state index contributed by atoms with van der Waals surface area (Å²) in [5.41, 5.74) is -0.928. The molecule has 0 aromatic carbocycles. The number of halogens is 4. The molecule has 4 nitrogen and oxygen atoms in total. The molecule has 2 rings (SSSR count). The van der Waals surface area contributed by atoms with Gasteiger partial charge in [0, 0.05) is 12.2 Å². The molecule has 1 saturated carbocycles. The second-order valence-electron chi connectivity index (χ2n) is 4.70. The predicted molar refractivity (Wildman–Crippen MR) is 68.5 cm³/mol. The summed E-state index contributed by atoms with van der Waals surface area (Å²) >= 11 is 5.75. The Kier molecular flexibility index (Phi) is 4.08. The third-order valence-electron chi connectivity index (χ3n) is 2.84. The van der Waals surface area contributed by atoms with Gasteiger partial charge in [0.15, 0.2) is 0 Å². The molecule has 110 valence electrons. The normalized spacial score (nSPS) is 16.6. The number of hydrogen-bond donors (Lipinski definition) is 2. The number of pyridine rings is 1. The smallest absolute Gasteiger partial charge is 0.357 e. The second-order valence-corrected chi connectivity index (χ2v) is 5.11. The number of rotatable bonds is 4. The predicted octanol–water partition coefficient (Wildman–Crippen LogP) is 2.83. The third-order valence-corrected chi connectivity index (χ3v) is 3.13. The van der Waals surface area contributed by atoms with Gasteiger partial charge < -0.3 is 10.6 Å². The summed E-state index contributed by atoms with van der Waals surface area (Å²) < 4.78 is 37.4. The summed E-state index contributed by atoms with van der Waals surface area (Å²) in [4.78, 5) is 15.3. The lowest BCUT2D eigenvalue weighted by atomic mass is 10.2. The molecule has 0 aliphatic heterocycles. The zero-order valence-corrected chi connectivity index (χ0v) is 11.3. The molecule has 1 amide bonds. The van der Waals surface area contributed by atoms with E-state index >= 15 is 0 Å². The van der Waals surface area contributed by atoms with Crippen LogP contribution in [0.15, 0.2) is 12.3 Å². The summed E-state index contributed by atoms with van der Waals surface area (Å²) in [5.74, 6) is -0.177. The van der Waals surface area contributed by atoms with Crippen LogP contribution < -0.4 is 10.6 Å². The van der Waals surface area contributed by atoms with Crippen LogP contribution in [0.4, 0.5) is 19.0 Å². The number of amides is 1. The van der Waals surface area contributed by atoms with Gasteiger partial charge in [-0.15, -0.1) is 0 Å². The lowest BCUT2D eigenvalue weighted by Crippen LogP contribution is -2.38. The van der Waals surface area contributed by atoms with E-state index in [-0.39, 0.29) is 22.8 Å². The van der Waals surface area contributed by atoms with E-state index < -0.39 is 17.8 Å².